The van der Waals surface area contributed by atoms with Crippen molar-refractivity contribution in [1.82, 2.24) is 4.90 Å². The van der Waals surface area contributed by atoms with E-state index in [1.54, 1.807) is 0 Å². The van der Waals surface area contributed by atoms with Gasteiger partial charge in [0.1, 0.15) is 12.7 Å². The van der Waals surface area contributed by atoms with E-state index in [1.807, 2.05) is 31.2 Å². The Balaban J connectivity index is 1.57. The number of rotatable bonds is 7. The number of hydrogen-bond donors (Lipinski definition) is 0. The first kappa shape index (κ1) is 17.8. The van der Waals surface area contributed by atoms with Crippen LogP contribution >= 0.6 is 0 Å². The minimum Gasteiger partial charge on any atom is -0.490 e. The van der Waals surface area contributed by atoms with Crippen LogP contribution in [0, 0.1) is 0 Å². The van der Waals surface area contributed by atoms with Crippen molar-refractivity contribution in [2.24, 2.45) is 0 Å². The molecule has 1 aliphatic heterocycles. The van der Waals surface area contributed by atoms with Crippen LogP contribution in [0.4, 0.5) is 0 Å². The Morgan fingerprint density at radius 3 is 2.36 bits per heavy atom. The van der Waals surface area contributed by atoms with Crippen LogP contribution in [0.1, 0.15) is 19.4 Å². The monoisotopic (exact) mass is 341 g/mol. The Bertz CT molecular complexity index is 647. The first-order valence-corrected chi connectivity index (χ1v) is 9.01. The molecule has 1 saturated heterocycles. The topological polar surface area (TPSA) is 30.9 Å². The second-order valence-corrected chi connectivity index (χ2v) is 6.44. The molecule has 1 fully saturated rings. The summed E-state index contributed by atoms with van der Waals surface area (Å²) in [6.45, 7) is 8.02. The summed E-state index contributed by atoms with van der Waals surface area (Å²) in [7, 11) is 0. The Morgan fingerprint density at radius 2 is 1.64 bits per heavy atom. The highest BCUT2D eigenvalue weighted by Crippen LogP contribution is 2.27. The molecule has 0 aromatic heterocycles. The summed E-state index contributed by atoms with van der Waals surface area (Å²) >= 11 is 0. The molecule has 0 saturated carbocycles. The van der Waals surface area contributed by atoms with E-state index in [2.05, 4.69) is 42.2 Å². The van der Waals surface area contributed by atoms with Crippen LogP contribution in [-0.4, -0.2) is 43.4 Å². The summed E-state index contributed by atoms with van der Waals surface area (Å²) < 4.78 is 17.7. The van der Waals surface area contributed by atoms with Crippen molar-refractivity contribution in [1.29, 1.82) is 0 Å². The maximum atomic E-state index is 6.07. The second kappa shape index (κ2) is 8.88. The number of hydrogen-bond acceptors (Lipinski definition) is 4. The third kappa shape index (κ3) is 5.21. The third-order valence-electron chi connectivity index (χ3n) is 4.22. The molecule has 1 heterocycles. The largest absolute Gasteiger partial charge is 0.490 e. The van der Waals surface area contributed by atoms with Crippen molar-refractivity contribution in [3.05, 3.63) is 60.2 Å². The molecule has 0 amide bonds. The highest BCUT2D eigenvalue weighted by Gasteiger charge is 2.26. The van der Waals surface area contributed by atoms with Gasteiger partial charge in [-0.3, -0.25) is 4.90 Å². The quantitative estimate of drug-likeness (QED) is 0.767. The second-order valence-electron chi connectivity index (χ2n) is 6.44. The molecular formula is C21H27NO3. The maximum absolute atomic E-state index is 6.07. The summed E-state index contributed by atoms with van der Waals surface area (Å²) in [5, 5.41) is 0. The van der Waals surface area contributed by atoms with Gasteiger partial charge in [-0.1, -0.05) is 42.5 Å². The summed E-state index contributed by atoms with van der Waals surface area (Å²) in [5.41, 5.74) is 1.33. The lowest BCUT2D eigenvalue weighted by molar-refractivity contribution is -0.0937. The molecule has 2 aromatic carbocycles. The molecule has 0 radical (unpaired) electrons. The highest BCUT2D eigenvalue weighted by atomic mass is 16.6. The Morgan fingerprint density at radius 1 is 0.960 bits per heavy atom. The zero-order valence-electron chi connectivity index (χ0n) is 15.1. The van der Waals surface area contributed by atoms with Gasteiger partial charge in [0.05, 0.1) is 12.7 Å². The molecule has 4 heteroatoms. The summed E-state index contributed by atoms with van der Waals surface area (Å²) in [6.07, 6.45) is 0.260. The van der Waals surface area contributed by atoms with Gasteiger partial charge in [-0.25, -0.2) is 0 Å². The zero-order valence-corrected chi connectivity index (χ0v) is 15.1. The lowest BCUT2D eigenvalue weighted by Gasteiger charge is -2.36. The first-order valence-electron chi connectivity index (χ1n) is 9.01. The minimum atomic E-state index is 0.0575. The van der Waals surface area contributed by atoms with Gasteiger partial charge >= 0.3 is 0 Å². The maximum Gasteiger partial charge on any atom is 0.161 e. The molecule has 4 nitrogen and oxygen atoms in total. The molecule has 25 heavy (non-hydrogen) atoms. The van der Waals surface area contributed by atoms with Crippen molar-refractivity contribution in [2.75, 3.05) is 26.3 Å². The van der Waals surface area contributed by atoms with Gasteiger partial charge in [-0.15, -0.1) is 0 Å². The van der Waals surface area contributed by atoms with E-state index in [0.717, 1.165) is 31.1 Å². The van der Waals surface area contributed by atoms with E-state index in [0.29, 0.717) is 13.2 Å². The Kier molecular flexibility index (Phi) is 6.31. The molecule has 134 valence electrons. The average Bonchev–Trinajstić information content (AvgIpc) is 2.62. The predicted octanol–water partition coefficient (Wildman–Crippen LogP) is 3.75. The van der Waals surface area contributed by atoms with Crippen molar-refractivity contribution in [3.8, 4) is 11.5 Å². The van der Waals surface area contributed by atoms with Crippen LogP contribution in [0.15, 0.2) is 54.6 Å². The average molecular weight is 341 g/mol. The normalized spacial score (nSPS) is 21.0. The van der Waals surface area contributed by atoms with E-state index in [-0.39, 0.29) is 12.2 Å². The molecule has 0 N–H and O–H groups in total. The number of nitrogens with zero attached hydrogens (tertiary/aromatic N) is 1. The Hall–Kier alpha value is -2.04. The number of para-hydroxylation sites is 2. The van der Waals surface area contributed by atoms with Crippen LogP contribution < -0.4 is 9.47 Å². The minimum absolute atomic E-state index is 0.0575. The molecule has 2 aromatic rings. The van der Waals surface area contributed by atoms with Crippen molar-refractivity contribution < 1.29 is 14.2 Å². The number of morpholine rings is 1. The highest BCUT2D eigenvalue weighted by molar-refractivity contribution is 5.39. The van der Waals surface area contributed by atoms with Crippen molar-refractivity contribution in [2.45, 2.75) is 32.6 Å². The molecule has 0 spiro atoms. The molecule has 2 unspecified atom stereocenters. The molecule has 3 rings (SSSR count). The molecule has 0 aliphatic carbocycles. The van der Waals surface area contributed by atoms with Gasteiger partial charge in [0.15, 0.2) is 11.5 Å². The van der Waals surface area contributed by atoms with Crippen molar-refractivity contribution in [3.63, 3.8) is 0 Å². The lowest BCUT2D eigenvalue weighted by atomic mass is 10.1. The summed E-state index contributed by atoms with van der Waals surface area (Å²) in [5.74, 6) is 1.57. The van der Waals surface area contributed by atoms with Crippen LogP contribution in [0.3, 0.4) is 0 Å². The predicted molar refractivity (Wildman–Crippen MR) is 99.2 cm³/mol. The van der Waals surface area contributed by atoms with Crippen molar-refractivity contribution >= 4 is 0 Å². The summed E-state index contributed by atoms with van der Waals surface area (Å²) in [4.78, 5) is 2.44. The van der Waals surface area contributed by atoms with Crippen LogP contribution in [0.2, 0.25) is 0 Å². The third-order valence-corrected chi connectivity index (χ3v) is 4.22. The molecule has 0 bridgehead atoms. The van der Waals surface area contributed by atoms with E-state index in [4.69, 9.17) is 14.2 Å². The Labute approximate surface area is 150 Å². The van der Waals surface area contributed by atoms with Crippen LogP contribution in [0.25, 0.3) is 0 Å². The van der Waals surface area contributed by atoms with Gasteiger partial charge in [0, 0.05) is 19.6 Å². The number of ether oxygens (including phenoxy) is 3. The fraction of sp³-hybridized carbons (Fsp3) is 0.429. The smallest absolute Gasteiger partial charge is 0.161 e. The molecule has 2 atom stereocenters. The SMILES string of the molecule is CCOc1ccccc1OCC1CN(Cc2ccccc2)CC(C)O1. The zero-order chi connectivity index (χ0) is 17.5. The number of benzene rings is 2. The van der Waals surface area contributed by atoms with Gasteiger partial charge in [0.25, 0.3) is 0 Å². The van der Waals surface area contributed by atoms with Gasteiger partial charge in [0.2, 0.25) is 0 Å². The van der Waals surface area contributed by atoms with Crippen LogP contribution in [-0.2, 0) is 11.3 Å². The van der Waals surface area contributed by atoms with E-state index < -0.39 is 0 Å². The van der Waals surface area contributed by atoms with Gasteiger partial charge in [-0.05, 0) is 31.5 Å². The van der Waals surface area contributed by atoms with E-state index in [9.17, 15) is 0 Å². The van der Waals surface area contributed by atoms with Crippen LogP contribution in [0.5, 0.6) is 11.5 Å². The molecular weight excluding hydrogens is 314 g/mol. The van der Waals surface area contributed by atoms with E-state index in [1.165, 1.54) is 5.56 Å². The fourth-order valence-electron chi connectivity index (χ4n) is 3.23. The molecule has 1 aliphatic rings. The standard InChI is InChI=1S/C21H27NO3/c1-3-23-20-11-7-8-12-21(20)24-16-19-15-22(13-17(2)25-19)14-18-9-5-4-6-10-18/h4-12,17,19H,3,13-16H2,1-2H3. The fourth-order valence-corrected chi connectivity index (χ4v) is 3.23. The van der Waals surface area contributed by atoms with E-state index >= 15 is 0 Å². The van der Waals surface area contributed by atoms with Gasteiger partial charge in [-0.2, -0.15) is 0 Å². The first-order chi connectivity index (χ1) is 12.2. The lowest BCUT2D eigenvalue weighted by Crippen LogP contribution is -2.48. The summed E-state index contributed by atoms with van der Waals surface area (Å²) in [6, 6.07) is 18.4. The van der Waals surface area contributed by atoms with Gasteiger partial charge < -0.3 is 14.2 Å².